The molecule has 0 saturated heterocycles. The van der Waals surface area contributed by atoms with Crippen LogP contribution in [0.25, 0.3) is 5.20 Å². The molecule has 1 atom stereocenters. The predicted molar refractivity (Wildman–Crippen MR) is 76.8 cm³/mol. The maximum absolute atomic E-state index is 2.46. The third-order valence-corrected chi connectivity index (χ3v) is 7.09. The van der Waals surface area contributed by atoms with E-state index in [2.05, 4.69) is 55.6 Å². The molecule has 2 aliphatic rings. The Morgan fingerprint density at radius 2 is 1.85 bits per heavy atom. The first-order valence-electron chi connectivity index (χ1n) is 6.60. The molecular formula is C16H17Cl2SiZr. The Kier molecular flexibility index (Phi) is 6.73. The molecule has 0 radical (unpaired) electrons. The summed E-state index contributed by atoms with van der Waals surface area (Å²) in [5, 5.41) is 1.72. The normalized spacial score (nSPS) is 19.6. The van der Waals surface area contributed by atoms with Gasteiger partial charge in [0.1, 0.15) is 0 Å². The molecule has 3 rings (SSSR count). The molecule has 20 heavy (non-hydrogen) atoms. The molecule has 1 aromatic rings. The van der Waals surface area contributed by atoms with Crippen LogP contribution in [0.15, 0.2) is 53.6 Å². The van der Waals surface area contributed by atoms with Crippen LogP contribution in [0.5, 0.6) is 0 Å². The van der Waals surface area contributed by atoms with Gasteiger partial charge < -0.3 is 24.8 Å². The van der Waals surface area contributed by atoms with Crippen molar-refractivity contribution in [1.82, 2.24) is 0 Å². The zero-order valence-corrected chi connectivity index (χ0v) is 16.8. The van der Waals surface area contributed by atoms with E-state index in [1.165, 1.54) is 0 Å². The molecule has 0 amide bonds. The molecule has 1 unspecified atom stereocenters. The van der Waals surface area contributed by atoms with Gasteiger partial charge in [-0.15, -0.1) is 0 Å². The van der Waals surface area contributed by atoms with Gasteiger partial charge in [0, 0.05) is 0 Å². The molecule has 0 N–H and O–H groups in total. The summed E-state index contributed by atoms with van der Waals surface area (Å²) in [6.45, 7) is 4.92. The monoisotopic (exact) mass is 397 g/mol. The number of halogens is 2. The predicted octanol–water partition coefficient (Wildman–Crippen LogP) is -2.04. The third-order valence-electron chi connectivity index (χ3n) is 3.84. The van der Waals surface area contributed by atoms with E-state index >= 15 is 0 Å². The molecule has 0 saturated carbocycles. The van der Waals surface area contributed by atoms with Crippen LogP contribution in [0.3, 0.4) is 0 Å². The summed E-state index contributed by atoms with van der Waals surface area (Å²) >= 11 is 1.63. The Morgan fingerprint density at radius 3 is 2.45 bits per heavy atom. The van der Waals surface area contributed by atoms with Gasteiger partial charge in [-0.05, 0) is 0 Å². The SMILES string of the molecule is C[SiH](C)C1=C(C2=CC=CC2)[CH]([Zr+2])c2ccccc21.[Cl-].[Cl-]. The van der Waals surface area contributed by atoms with Gasteiger partial charge in [-0.25, -0.2) is 0 Å². The van der Waals surface area contributed by atoms with Crippen molar-refractivity contribution in [3.8, 4) is 0 Å². The first-order valence-corrected chi connectivity index (χ1v) is 10.9. The summed E-state index contributed by atoms with van der Waals surface area (Å²) in [4.78, 5) is 0. The van der Waals surface area contributed by atoms with E-state index in [1.54, 1.807) is 52.2 Å². The smallest absolute Gasteiger partial charge is 1.00 e. The van der Waals surface area contributed by atoms with Crippen LogP contribution in [-0.4, -0.2) is 8.80 Å². The van der Waals surface area contributed by atoms with Crippen LogP contribution in [-0.2, 0) is 24.7 Å². The summed E-state index contributed by atoms with van der Waals surface area (Å²) in [5.74, 6) is 0. The fraction of sp³-hybridized carbons (Fsp3) is 0.250. The first kappa shape index (κ1) is 18.2. The van der Waals surface area contributed by atoms with E-state index in [-0.39, 0.29) is 24.8 Å². The van der Waals surface area contributed by atoms with Crippen LogP contribution >= 0.6 is 0 Å². The van der Waals surface area contributed by atoms with E-state index in [0.717, 1.165) is 6.42 Å². The summed E-state index contributed by atoms with van der Waals surface area (Å²) in [5.41, 5.74) is 6.39. The van der Waals surface area contributed by atoms with E-state index in [4.69, 9.17) is 0 Å². The maximum Gasteiger partial charge on any atom is -1.00 e. The number of fused-ring (bicyclic) bond motifs is 1. The topological polar surface area (TPSA) is 0 Å². The molecule has 0 aromatic heterocycles. The Balaban J connectivity index is 0.000001000. The number of rotatable bonds is 2. The molecule has 1 aromatic carbocycles. The standard InChI is InChI=1S/C16H17Si.2ClH.Zr/c1-17(2)16-14-10-6-5-9-13(14)11-15(16)12-7-3-4-8-12;;;/h3-7,9-11,17H,8H2,1-2H3;2*1H;/q;;;+2/p-2. The second kappa shape index (κ2) is 7.40. The summed E-state index contributed by atoms with van der Waals surface area (Å²) in [6, 6.07) is 9.06. The zero-order chi connectivity index (χ0) is 12.7. The molecule has 0 fully saturated rings. The Bertz CT molecular complexity index is 588. The van der Waals surface area contributed by atoms with Crippen molar-refractivity contribution < 1.29 is 49.5 Å². The average molecular weight is 400 g/mol. The Morgan fingerprint density at radius 1 is 1.15 bits per heavy atom. The average Bonchev–Trinajstić information content (AvgIpc) is 2.96. The van der Waals surface area contributed by atoms with Crippen molar-refractivity contribution in [2.75, 3.05) is 0 Å². The van der Waals surface area contributed by atoms with Crippen LogP contribution in [0.1, 0.15) is 21.2 Å². The maximum atomic E-state index is 2.46. The molecular weight excluding hydrogens is 382 g/mol. The third kappa shape index (κ3) is 2.99. The zero-order valence-electron chi connectivity index (χ0n) is 11.7. The minimum Gasteiger partial charge on any atom is -1.00 e. The van der Waals surface area contributed by atoms with Crippen LogP contribution < -0.4 is 24.8 Å². The van der Waals surface area contributed by atoms with Gasteiger partial charge in [-0.1, -0.05) is 0 Å². The van der Waals surface area contributed by atoms with Crippen molar-refractivity contribution in [2.45, 2.75) is 23.1 Å². The van der Waals surface area contributed by atoms with Crippen molar-refractivity contribution in [3.63, 3.8) is 0 Å². The molecule has 4 heteroatoms. The molecule has 2 aliphatic carbocycles. The molecule has 0 spiro atoms. The van der Waals surface area contributed by atoms with Crippen molar-refractivity contribution >= 4 is 14.0 Å². The van der Waals surface area contributed by atoms with Crippen LogP contribution in [0.4, 0.5) is 0 Å². The van der Waals surface area contributed by atoms with Gasteiger partial charge in [-0.2, -0.15) is 0 Å². The van der Waals surface area contributed by atoms with E-state index in [0.29, 0.717) is 3.63 Å². The Labute approximate surface area is 150 Å². The number of benzene rings is 1. The minimum atomic E-state index is -0.787. The van der Waals surface area contributed by atoms with Crippen molar-refractivity contribution in [2.24, 2.45) is 0 Å². The molecule has 0 bridgehead atoms. The Hall–Kier alpha value is 0.120. The fourth-order valence-corrected chi connectivity index (χ4v) is 6.80. The van der Waals surface area contributed by atoms with Gasteiger partial charge in [0.2, 0.25) is 0 Å². The second-order valence-corrected chi connectivity index (χ2v) is 9.63. The van der Waals surface area contributed by atoms with Crippen molar-refractivity contribution in [3.05, 3.63) is 64.8 Å². The largest absolute Gasteiger partial charge is 1.00 e. The molecule has 0 nitrogen and oxygen atoms in total. The summed E-state index contributed by atoms with van der Waals surface area (Å²) < 4.78 is 0.671. The van der Waals surface area contributed by atoms with Gasteiger partial charge >= 0.3 is 127 Å². The van der Waals surface area contributed by atoms with E-state index < -0.39 is 8.80 Å². The first-order chi connectivity index (χ1) is 8.70. The van der Waals surface area contributed by atoms with Gasteiger partial charge in [0.25, 0.3) is 0 Å². The summed E-state index contributed by atoms with van der Waals surface area (Å²) in [7, 11) is -0.787. The van der Waals surface area contributed by atoms with E-state index in [9.17, 15) is 0 Å². The quantitative estimate of drug-likeness (QED) is 0.503. The number of hydrogen-bond acceptors (Lipinski definition) is 0. The van der Waals surface area contributed by atoms with Gasteiger partial charge in [0.15, 0.2) is 0 Å². The van der Waals surface area contributed by atoms with Crippen LogP contribution in [0, 0.1) is 0 Å². The van der Waals surface area contributed by atoms with Gasteiger partial charge in [0.05, 0.1) is 0 Å². The van der Waals surface area contributed by atoms with E-state index in [1.807, 2.05) is 0 Å². The number of hydrogen-bond donors (Lipinski definition) is 0. The fourth-order valence-electron chi connectivity index (χ4n) is 3.08. The summed E-state index contributed by atoms with van der Waals surface area (Å²) in [6.07, 6.45) is 7.97. The molecule has 0 heterocycles. The van der Waals surface area contributed by atoms with Crippen LogP contribution in [0.2, 0.25) is 13.1 Å². The molecule has 0 aliphatic heterocycles. The second-order valence-electron chi connectivity index (χ2n) is 5.33. The van der Waals surface area contributed by atoms with Gasteiger partial charge in [-0.3, -0.25) is 0 Å². The van der Waals surface area contributed by atoms with Crippen molar-refractivity contribution in [1.29, 1.82) is 0 Å². The minimum absolute atomic E-state index is 0. The molecule has 103 valence electrons. The number of allylic oxidation sites excluding steroid dienone is 5.